The molecule has 3 rings (SSSR count). The molecule has 0 spiro atoms. The van der Waals surface area contributed by atoms with Crippen molar-refractivity contribution >= 4 is 11.8 Å². The maximum absolute atomic E-state index is 3.77. The van der Waals surface area contributed by atoms with Crippen LogP contribution in [0.2, 0.25) is 0 Å². The highest BCUT2D eigenvalue weighted by Gasteiger charge is 2.32. The summed E-state index contributed by atoms with van der Waals surface area (Å²) in [5.41, 5.74) is 1.43. The van der Waals surface area contributed by atoms with Crippen molar-refractivity contribution in [2.24, 2.45) is 5.92 Å². The molecule has 1 aromatic rings. The lowest BCUT2D eigenvalue weighted by Crippen LogP contribution is -2.56. The van der Waals surface area contributed by atoms with Gasteiger partial charge in [0, 0.05) is 37.0 Å². The molecule has 3 unspecified atom stereocenters. The van der Waals surface area contributed by atoms with Crippen LogP contribution in [0, 0.1) is 5.92 Å². The largest absolute Gasteiger partial charge is 0.307 e. The molecule has 2 saturated heterocycles. The normalized spacial score (nSPS) is 30.9. The summed E-state index contributed by atoms with van der Waals surface area (Å²) in [5, 5.41) is 4.64. The van der Waals surface area contributed by atoms with Crippen molar-refractivity contribution < 1.29 is 0 Å². The van der Waals surface area contributed by atoms with Gasteiger partial charge in [-0.1, -0.05) is 44.2 Å². The summed E-state index contributed by atoms with van der Waals surface area (Å²) in [6.07, 6.45) is 2.82. The highest BCUT2D eigenvalue weighted by molar-refractivity contribution is 8.00. The van der Waals surface area contributed by atoms with E-state index in [1.807, 2.05) is 0 Å². The van der Waals surface area contributed by atoms with Gasteiger partial charge in [-0.2, -0.15) is 11.8 Å². The number of piperazine rings is 1. The molecule has 3 heteroatoms. The minimum absolute atomic E-state index is 0.493. The van der Waals surface area contributed by atoms with Crippen molar-refractivity contribution in [1.82, 2.24) is 10.2 Å². The third kappa shape index (κ3) is 3.82. The zero-order chi connectivity index (χ0) is 14.7. The molecular weight excluding hydrogens is 276 g/mol. The molecule has 2 nitrogen and oxygen atoms in total. The average molecular weight is 305 g/mol. The summed E-state index contributed by atoms with van der Waals surface area (Å²) in [5.74, 6) is 2.09. The highest BCUT2D eigenvalue weighted by atomic mass is 32.2. The molecule has 2 fully saturated rings. The van der Waals surface area contributed by atoms with Crippen molar-refractivity contribution in [2.75, 3.05) is 25.4 Å². The first-order chi connectivity index (χ1) is 10.2. The van der Waals surface area contributed by atoms with Crippen LogP contribution in [0.25, 0.3) is 0 Å². The minimum Gasteiger partial charge on any atom is -0.307 e. The molecule has 1 aromatic carbocycles. The Balaban J connectivity index is 1.69. The van der Waals surface area contributed by atoms with Crippen LogP contribution < -0.4 is 5.32 Å². The fourth-order valence-electron chi connectivity index (χ4n) is 3.65. The molecule has 0 aromatic heterocycles. The van der Waals surface area contributed by atoms with Gasteiger partial charge in [0.15, 0.2) is 0 Å². The van der Waals surface area contributed by atoms with E-state index in [2.05, 4.69) is 66.2 Å². The number of nitrogens with one attached hydrogen (secondary N) is 1. The van der Waals surface area contributed by atoms with Crippen LogP contribution in [0.1, 0.15) is 38.3 Å². The van der Waals surface area contributed by atoms with Crippen LogP contribution in [0.5, 0.6) is 0 Å². The van der Waals surface area contributed by atoms with Gasteiger partial charge in [0.25, 0.3) is 0 Å². The molecule has 1 N–H and O–H groups in total. The summed E-state index contributed by atoms with van der Waals surface area (Å²) in [7, 11) is 0. The first kappa shape index (κ1) is 15.4. The molecule has 21 heavy (non-hydrogen) atoms. The Kier molecular flexibility index (Phi) is 5.25. The van der Waals surface area contributed by atoms with Crippen molar-refractivity contribution in [3.8, 4) is 0 Å². The lowest BCUT2D eigenvalue weighted by atomic mass is 9.95. The molecule has 116 valence electrons. The van der Waals surface area contributed by atoms with Crippen LogP contribution in [0.4, 0.5) is 0 Å². The predicted molar refractivity (Wildman–Crippen MR) is 92.9 cm³/mol. The van der Waals surface area contributed by atoms with E-state index < -0.39 is 0 Å². The van der Waals surface area contributed by atoms with Crippen molar-refractivity contribution in [3.05, 3.63) is 35.9 Å². The van der Waals surface area contributed by atoms with Gasteiger partial charge in [-0.05, 0) is 30.1 Å². The number of rotatable bonds is 4. The number of benzene rings is 1. The number of hydrogen-bond acceptors (Lipinski definition) is 3. The molecule has 0 bridgehead atoms. The smallest absolute Gasteiger partial charge is 0.0449 e. The summed E-state index contributed by atoms with van der Waals surface area (Å²) >= 11 is 2.18. The summed E-state index contributed by atoms with van der Waals surface area (Å²) < 4.78 is 0. The molecule has 0 aliphatic carbocycles. The summed E-state index contributed by atoms with van der Waals surface area (Å²) in [4.78, 5) is 2.77. The number of thioether (sulfide) groups is 1. The van der Waals surface area contributed by atoms with E-state index in [1.54, 1.807) is 0 Å². The number of nitrogens with zero attached hydrogens (tertiary/aromatic N) is 1. The van der Waals surface area contributed by atoms with E-state index in [4.69, 9.17) is 0 Å². The number of hydrogen-bond donors (Lipinski definition) is 1. The van der Waals surface area contributed by atoms with Crippen LogP contribution in [0.3, 0.4) is 0 Å². The molecule has 0 saturated carbocycles. The first-order valence-electron chi connectivity index (χ1n) is 8.38. The second-order valence-corrected chi connectivity index (χ2v) is 8.18. The Bertz CT molecular complexity index is 428. The second-order valence-electron chi connectivity index (χ2n) is 6.77. The zero-order valence-electron chi connectivity index (χ0n) is 13.3. The molecular formula is C18H28N2S. The van der Waals surface area contributed by atoms with Gasteiger partial charge in [-0.25, -0.2) is 0 Å². The maximum Gasteiger partial charge on any atom is 0.0449 e. The fourth-order valence-corrected chi connectivity index (χ4v) is 4.95. The van der Waals surface area contributed by atoms with Crippen molar-refractivity contribution in [2.45, 2.75) is 44.0 Å². The van der Waals surface area contributed by atoms with E-state index in [-0.39, 0.29) is 0 Å². The van der Waals surface area contributed by atoms with Gasteiger partial charge in [-0.3, -0.25) is 4.90 Å². The molecule has 0 amide bonds. The van der Waals surface area contributed by atoms with Crippen LogP contribution in [-0.2, 0) is 0 Å². The monoisotopic (exact) mass is 304 g/mol. The first-order valence-corrected chi connectivity index (χ1v) is 9.43. The van der Waals surface area contributed by atoms with Gasteiger partial charge in [-0.15, -0.1) is 0 Å². The van der Waals surface area contributed by atoms with Crippen LogP contribution >= 0.6 is 11.8 Å². The Morgan fingerprint density at radius 2 is 2.10 bits per heavy atom. The van der Waals surface area contributed by atoms with E-state index >= 15 is 0 Å². The Labute approximate surface area is 133 Å². The van der Waals surface area contributed by atoms with Gasteiger partial charge in [0.1, 0.15) is 0 Å². The third-order valence-corrected chi connectivity index (χ3v) is 6.27. The van der Waals surface area contributed by atoms with E-state index in [9.17, 15) is 0 Å². The highest BCUT2D eigenvalue weighted by Crippen LogP contribution is 2.30. The molecule has 2 heterocycles. The van der Waals surface area contributed by atoms with Crippen molar-refractivity contribution in [1.29, 1.82) is 0 Å². The topological polar surface area (TPSA) is 15.3 Å². The van der Waals surface area contributed by atoms with E-state index in [0.29, 0.717) is 12.1 Å². The SMILES string of the molecule is CC(C)C1CNC(c2ccccc2)CN1CC1CCCS1. The third-order valence-electron chi connectivity index (χ3n) is 4.89. The van der Waals surface area contributed by atoms with Gasteiger partial charge in [0.2, 0.25) is 0 Å². The zero-order valence-corrected chi connectivity index (χ0v) is 14.1. The summed E-state index contributed by atoms with van der Waals surface area (Å²) in [6, 6.07) is 12.1. The molecule has 2 aliphatic rings. The molecule has 3 atom stereocenters. The predicted octanol–water partition coefficient (Wildman–Crippen LogP) is 3.55. The quantitative estimate of drug-likeness (QED) is 0.916. The standard InChI is InChI=1S/C18H28N2S/c1-14(2)18-11-19-17(15-7-4-3-5-8-15)13-20(18)12-16-9-6-10-21-16/h3-5,7-8,14,16-19H,6,9-13H2,1-2H3. The Hall–Kier alpha value is -0.510. The maximum atomic E-state index is 3.77. The van der Waals surface area contributed by atoms with Crippen LogP contribution in [-0.4, -0.2) is 41.6 Å². The van der Waals surface area contributed by atoms with Gasteiger partial charge in [0.05, 0.1) is 0 Å². The van der Waals surface area contributed by atoms with Crippen LogP contribution in [0.15, 0.2) is 30.3 Å². The summed E-state index contributed by atoms with van der Waals surface area (Å²) in [6.45, 7) is 8.28. The van der Waals surface area contributed by atoms with Gasteiger partial charge < -0.3 is 5.32 Å². The molecule has 0 radical (unpaired) electrons. The lowest BCUT2D eigenvalue weighted by Gasteiger charge is -2.43. The lowest BCUT2D eigenvalue weighted by molar-refractivity contribution is 0.0986. The van der Waals surface area contributed by atoms with Crippen molar-refractivity contribution in [3.63, 3.8) is 0 Å². The van der Waals surface area contributed by atoms with Gasteiger partial charge >= 0.3 is 0 Å². The average Bonchev–Trinajstić information content (AvgIpc) is 3.01. The second kappa shape index (κ2) is 7.17. The van der Waals surface area contributed by atoms with E-state index in [0.717, 1.165) is 24.3 Å². The minimum atomic E-state index is 0.493. The fraction of sp³-hybridized carbons (Fsp3) is 0.667. The molecule has 2 aliphatic heterocycles. The Morgan fingerprint density at radius 1 is 1.29 bits per heavy atom. The van der Waals surface area contributed by atoms with E-state index in [1.165, 1.54) is 30.7 Å². The Morgan fingerprint density at radius 3 is 2.76 bits per heavy atom.